The molecule has 0 aromatic heterocycles. The van der Waals surface area contributed by atoms with Gasteiger partial charge in [-0.1, -0.05) is 26.2 Å². The van der Waals surface area contributed by atoms with Gasteiger partial charge in [0.25, 0.3) is 0 Å². The van der Waals surface area contributed by atoms with Gasteiger partial charge < -0.3 is 23.3 Å². The molecule has 0 spiro atoms. The van der Waals surface area contributed by atoms with E-state index >= 15 is 0 Å². The highest BCUT2D eigenvalue weighted by molar-refractivity contribution is 6.95. The van der Waals surface area contributed by atoms with Crippen LogP contribution in [0.3, 0.4) is 0 Å². The van der Waals surface area contributed by atoms with E-state index in [1.165, 1.54) is 12.1 Å². The van der Waals surface area contributed by atoms with E-state index in [-0.39, 0.29) is 24.1 Å². The number of hydrogen-bond acceptors (Lipinski definition) is 5. The Bertz CT molecular complexity index is 780. The highest BCUT2D eigenvalue weighted by Crippen LogP contribution is 2.46. The first-order valence-corrected chi connectivity index (χ1v) is 16.9. The van der Waals surface area contributed by atoms with Crippen molar-refractivity contribution in [2.24, 2.45) is 0 Å². The minimum atomic E-state index is -1.62. The summed E-state index contributed by atoms with van der Waals surface area (Å²) in [7, 11) is -1.59. The number of ether oxygens (including phenoxy) is 3. The normalized spacial score (nSPS) is 33.0. The molecular formula is C21H34N2O4Si2. The van der Waals surface area contributed by atoms with Crippen molar-refractivity contribution in [3.8, 4) is 5.75 Å². The molecule has 0 aliphatic carbocycles. The van der Waals surface area contributed by atoms with Crippen LogP contribution in [0, 0.1) is 0 Å². The average molecular weight is 435 g/mol. The van der Waals surface area contributed by atoms with Crippen LogP contribution in [0.15, 0.2) is 24.3 Å². The maximum absolute atomic E-state index is 13.6. The van der Waals surface area contributed by atoms with Gasteiger partial charge in [0, 0.05) is 5.69 Å². The fraction of sp³-hybridized carbons (Fsp3) is 0.667. The molecule has 3 heterocycles. The topological polar surface area (TPSA) is 51.2 Å². The smallest absolute Gasteiger partial charge is 0.245 e. The third-order valence-electron chi connectivity index (χ3n) is 6.81. The van der Waals surface area contributed by atoms with Gasteiger partial charge in [-0.3, -0.25) is 4.79 Å². The van der Waals surface area contributed by atoms with E-state index in [1.807, 2.05) is 43.0 Å². The molecule has 0 radical (unpaired) electrons. The van der Waals surface area contributed by atoms with Crippen LogP contribution in [-0.4, -0.2) is 64.3 Å². The van der Waals surface area contributed by atoms with Crippen molar-refractivity contribution in [3.63, 3.8) is 0 Å². The number of carbonyl (C=O) groups excluding carboxylic acids is 1. The van der Waals surface area contributed by atoms with E-state index < -0.39 is 22.3 Å². The van der Waals surface area contributed by atoms with Gasteiger partial charge in [-0.05, 0) is 50.2 Å². The summed E-state index contributed by atoms with van der Waals surface area (Å²) in [6, 6.07) is 10.2. The Morgan fingerprint density at radius 3 is 2.14 bits per heavy atom. The number of benzene rings is 1. The van der Waals surface area contributed by atoms with Crippen LogP contribution in [0.4, 0.5) is 5.69 Å². The molecule has 8 heteroatoms. The Labute approximate surface area is 176 Å². The monoisotopic (exact) mass is 434 g/mol. The van der Waals surface area contributed by atoms with Gasteiger partial charge in [0.2, 0.25) is 5.91 Å². The fourth-order valence-electron chi connectivity index (χ4n) is 5.48. The van der Waals surface area contributed by atoms with Crippen LogP contribution in [0.1, 0.15) is 13.8 Å². The van der Waals surface area contributed by atoms with Gasteiger partial charge in [-0.15, -0.1) is 0 Å². The minimum Gasteiger partial charge on any atom is -0.497 e. The van der Waals surface area contributed by atoms with Gasteiger partial charge in [-0.25, -0.2) is 0 Å². The van der Waals surface area contributed by atoms with Gasteiger partial charge in [0.15, 0.2) is 5.79 Å². The molecule has 1 aromatic rings. The van der Waals surface area contributed by atoms with Crippen LogP contribution in [-0.2, 0) is 14.3 Å². The molecule has 6 nitrogen and oxygen atoms in total. The molecule has 160 valence electrons. The van der Waals surface area contributed by atoms with Crippen molar-refractivity contribution in [3.05, 3.63) is 24.3 Å². The lowest BCUT2D eigenvalue weighted by Gasteiger charge is -2.57. The number of amides is 1. The Morgan fingerprint density at radius 2 is 1.66 bits per heavy atom. The fourth-order valence-corrected chi connectivity index (χ4v) is 20.1. The number of nitrogens with zero attached hydrogens (tertiary/aromatic N) is 2. The third-order valence-corrected chi connectivity index (χ3v) is 17.0. The molecule has 3 fully saturated rings. The predicted octanol–water partition coefficient (Wildman–Crippen LogP) is 3.66. The molecular weight excluding hydrogens is 400 g/mol. The second-order valence-corrected chi connectivity index (χ2v) is 19.9. The maximum Gasteiger partial charge on any atom is 0.245 e. The lowest BCUT2D eigenvalue weighted by Crippen LogP contribution is -2.80. The molecule has 4 rings (SSSR count). The lowest BCUT2D eigenvalue weighted by atomic mass is 9.90. The first kappa shape index (κ1) is 21.1. The zero-order chi connectivity index (χ0) is 21.2. The van der Waals surface area contributed by atoms with Crippen molar-refractivity contribution < 1.29 is 19.0 Å². The van der Waals surface area contributed by atoms with Gasteiger partial charge in [-0.2, -0.15) is 0 Å². The Morgan fingerprint density at radius 1 is 1.07 bits per heavy atom. The summed E-state index contributed by atoms with van der Waals surface area (Å²) in [5.41, 5.74) is 0.906. The third kappa shape index (κ3) is 3.48. The van der Waals surface area contributed by atoms with E-state index in [9.17, 15) is 4.79 Å². The number of rotatable bonds is 4. The molecule has 3 atom stereocenters. The first-order valence-electron chi connectivity index (χ1n) is 10.6. The van der Waals surface area contributed by atoms with E-state index in [0.717, 1.165) is 11.4 Å². The van der Waals surface area contributed by atoms with E-state index in [0.29, 0.717) is 6.61 Å². The average Bonchev–Trinajstić information content (AvgIpc) is 3.10. The van der Waals surface area contributed by atoms with Crippen molar-refractivity contribution >= 4 is 28.1 Å². The van der Waals surface area contributed by atoms with Crippen molar-refractivity contribution in [1.82, 2.24) is 4.23 Å². The number of anilines is 1. The number of hydrogen-bond donors (Lipinski definition) is 0. The standard InChI is InChI=1S/C21H34N2O4Si2/c1-21(2)26-14-17(27-21)18-19(23-28(4,5)12-13-29(23,6)7)20(24)22(18)15-8-10-16(25-3)11-9-15/h8-11,17-19H,12-14H2,1-7H3/t17?,18-,19+/m1/s1. The van der Waals surface area contributed by atoms with Crippen LogP contribution in [0.5, 0.6) is 5.75 Å². The van der Waals surface area contributed by atoms with Gasteiger partial charge in [0.1, 0.15) is 34.4 Å². The Kier molecular flexibility index (Phi) is 5.02. The summed E-state index contributed by atoms with van der Waals surface area (Å²) in [5.74, 6) is 0.388. The predicted molar refractivity (Wildman–Crippen MR) is 119 cm³/mol. The van der Waals surface area contributed by atoms with Crippen LogP contribution < -0.4 is 9.64 Å². The molecule has 3 aliphatic rings. The molecule has 3 aliphatic heterocycles. The number of methoxy groups -OCH3 is 1. The first-order chi connectivity index (χ1) is 13.5. The quantitative estimate of drug-likeness (QED) is 0.535. The summed E-state index contributed by atoms with van der Waals surface area (Å²) in [5, 5.41) is 0. The zero-order valence-electron chi connectivity index (χ0n) is 18.7. The SMILES string of the molecule is COc1ccc(N2C(=O)[C@@H](N3[Si](C)(C)CC[Si]3(C)C)[C@H]2C2COC(C)(C)O2)cc1. The van der Waals surface area contributed by atoms with E-state index in [4.69, 9.17) is 14.2 Å². The van der Waals surface area contributed by atoms with Crippen LogP contribution >= 0.6 is 0 Å². The Balaban J connectivity index is 1.70. The molecule has 1 aromatic carbocycles. The van der Waals surface area contributed by atoms with Gasteiger partial charge >= 0.3 is 0 Å². The molecule has 3 saturated heterocycles. The largest absolute Gasteiger partial charge is 0.497 e. The second-order valence-electron chi connectivity index (χ2n) is 10.2. The highest BCUT2D eigenvalue weighted by Gasteiger charge is 2.63. The molecule has 29 heavy (non-hydrogen) atoms. The second kappa shape index (κ2) is 6.91. The summed E-state index contributed by atoms with van der Waals surface area (Å²) >= 11 is 0. The van der Waals surface area contributed by atoms with E-state index in [1.54, 1.807) is 7.11 Å². The van der Waals surface area contributed by atoms with Gasteiger partial charge in [0.05, 0.1) is 19.8 Å². The summed E-state index contributed by atoms with van der Waals surface area (Å²) < 4.78 is 20.2. The van der Waals surface area contributed by atoms with E-state index in [2.05, 4.69) is 30.4 Å². The van der Waals surface area contributed by atoms with Crippen LogP contribution in [0.25, 0.3) is 0 Å². The molecule has 1 unspecified atom stereocenters. The number of β-lactam (4-membered cyclic amide) rings is 1. The lowest BCUT2D eigenvalue weighted by molar-refractivity contribution is -0.151. The van der Waals surface area contributed by atoms with Crippen molar-refractivity contribution in [1.29, 1.82) is 0 Å². The molecule has 1 amide bonds. The van der Waals surface area contributed by atoms with Crippen molar-refractivity contribution in [2.75, 3.05) is 18.6 Å². The highest BCUT2D eigenvalue weighted by atomic mass is 28.4. The summed E-state index contributed by atoms with van der Waals surface area (Å²) in [6.45, 7) is 14.1. The number of carbonyl (C=O) groups is 1. The maximum atomic E-state index is 13.6. The summed E-state index contributed by atoms with van der Waals surface area (Å²) in [4.78, 5) is 15.5. The van der Waals surface area contributed by atoms with Crippen molar-refractivity contribution in [2.45, 2.75) is 76.1 Å². The summed E-state index contributed by atoms with van der Waals surface area (Å²) in [6.07, 6.45) is -0.120. The molecule has 0 bridgehead atoms. The van der Waals surface area contributed by atoms with Crippen LogP contribution in [0.2, 0.25) is 38.3 Å². The zero-order valence-corrected chi connectivity index (χ0v) is 20.7. The Hall–Kier alpha value is -1.20. The minimum absolute atomic E-state index is 0.0191. The molecule has 0 N–H and O–H groups in total. The molecule has 0 saturated carbocycles.